The van der Waals surface area contributed by atoms with E-state index < -0.39 is 12.0 Å². The maximum atomic E-state index is 11.4. The van der Waals surface area contributed by atoms with Crippen LogP contribution in [0.5, 0.6) is 0 Å². The van der Waals surface area contributed by atoms with Gasteiger partial charge in [-0.25, -0.2) is 4.79 Å². The molecule has 5 heteroatoms. The van der Waals surface area contributed by atoms with Crippen LogP contribution in [0.1, 0.15) is 23.7 Å². The molecule has 0 fully saturated rings. The standard InChI is InChI=1S/C9H11NO3S/c1-2-7(9(12)13)10-8(11)6-3-4-14-5-6/h3-5,7H,2H2,1H3,(H,10,11)(H,12,13)/t7-/m0/s1. The number of carbonyl (C=O) groups excluding carboxylic acids is 1. The van der Waals surface area contributed by atoms with Gasteiger partial charge in [-0.2, -0.15) is 11.3 Å². The zero-order valence-corrected chi connectivity index (χ0v) is 8.50. The van der Waals surface area contributed by atoms with Crippen molar-refractivity contribution < 1.29 is 14.7 Å². The van der Waals surface area contributed by atoms with Crippen molar-refractivity contribution in [3.05, 3.63) is 22.4 Å². The van der Waals surface area contributed by atoms with Crippen molar-refractivity contribution in [2.75, 3.05) is 0 Å². The Kier molecular flexibility index (Phi) is 3.64. The summed E-state index contributed by atoms with van der Waals surface area (Å²) < 4.78 is 0. The molecule has 1 atom stereocenters. The first-order chi connectivity index (χ1) is 6.65. The summed E-state index contributed by atoms with van der Waals surface area (Å²) in [4.78, 5) is 22.0. The molecule has 0 aliphatic carbocycles. The molecule has 0 aromatic carbocycles. The van der Waals surface area contributed by atoms with Crippen LogP contribution in [0.15, 0.2) is 16.8 Å². The molecule has 0 aliphatic heterocycles. The zero-order valence-electron chi connectivity index (χ0n) is 7.69. The second-order valence-corrected chi connectivity index (χ2v) is 3.56. The van der Waals surface area contributed by atoms with Gasteiger partial charge in [-0.05, 0) is 17.9 Å². The van der Waals surface area contributed by atoms with Crippen LogP contribution in [0.3, 0.4) is 0 Å². The van der Waals surface area contributed by atoms with Crippen molar-refractivity contribution in [1.82, 2.24) is 5.32 Å². The van der Waals surface area contributed by atoms with Crippen LogP contribution < -0.4 is 5.32 Å². The van der Waals surface area contributed by atoms with E-state index in [-0.39, 0.29) is 5.91 Å². The molecule has 0 bridgehead atoms. The Morgan fingerprint density at radius 3 is 2.79 bits per heavy atom. The molecule has 0 aliphatic rings. The summed E-state index contributed by atoms with van der Waals surface area (Å²) in [6, 6.07) is 0.858. The van der Waals surface area contributed by atoms with E-state index in [4.69, 9.17) is 5.11 Å². The number of hydrogen-bond donors (Lipinski definition) is 2. The fourth-order valence-electron chi connectivity index (χ4n) is 0.974. The summed E-state index contributed by atoms with van der Waals surface area (Å²) in [5, 5.41) is 14.6. The highest BCUT2D eigenvalue weighted by molar-refractivity contribution is 7.08. The lowest BCUT2D eigenvalue weighted by Crippen LogP contribution is -2.40. The van der Waals surface area contributed by atoms with Crippen molar-refractivity contribution in [1.29, 1.82) is 0 Å². The summed E-state index contributed by atoms with van der Waals surface area (Å²) >= 11 is 1.40. The predicted octanol–water partition coefficient (Wildman–Crippen LogP) is 1.34. The molecule has 1 rings (SSSR count). The van der Waals surface area contributed by atoms with E-state index in [2.05, 4.69) is 5.32 Å². The summed E-state index contributed by atoms with van der Waals surface area (Å²) in [6.07, 6.45) is 0.380. The van der Waals surface area contributed by atoms with Crippen LogP contribution in [0.25, 0.3) is 0 Å². The molecule has 76 valence electrons. The van der Waals surface area contributed by atoms with E-state index in [1.54, 1.807) is 23.8 Å². The van der Waals surface area contributed by atoms with Gasteiger partial charge in [0.2, 0.25) is 0 Å². The maximum absolute atomic E-state index is 11.4. The number of carboxylic acids is 1. The van der Waals surface area contributed by atoms with Gasteiger partial charge in [0.05, 0.1) is 5.56 Å². The lowest BCUT2D eigenvalue weighted by atomic mass is 10.2. The molecule has 0 unspecified atom stereocenters. The largest absolute Gasteiger partial charge is 0.480 e. The van der Waals surface area contributed by atoms with Crippen LogP contribution >= 0.6 is 11.3 Å². The molecule has 0 spiro atoms. The van der Waals surface area contributed by atoms with Crippen molar-refractivity contribution in [2.24, 2.45) is 0 Å². The van der Waals surface area contributed by atoms with Gasteiger partial charge in [-0.15, -0.1) is 0 Å². The van der Waals surface area contributed by atoms with Crippen LogP contribution in [-0.2, 0) is 4.79 Å². The van der Waals surface area contributed by atoms with Crippen LogP contribution in [0.2, 0.25) is 0 Å². The van der Waals surface area contributed by atoms with Gasteiger partial charge in [0.15, 0.2) is 0 Å². The minimum Gasteiger partial charge on any atom is -0.480 e. The van der Waals surface area contributed by atoms with Crippen LogP contribution in [0.4, 0.5) is 0 Å². The third kappa shape index (κ3) is 2.56. The average Bonchev–Trinajstić information content (AvgIpc) is 2.65. The number of carboxylic acid groups (broad SMARTS) is 1. The molecular weight excluding hydrogens is 202 g/mol. The van der Waals surface area contributed by atoms with Crippen molar-refractivity contribution in [3.8, 4) is 0 Å². The highest BCUT2D eigenvalue weighted by Gasteiger charge is 2.18. The lowest BCUT2D eigenvalue weighted by Gasteiger charge is -2.10. The normalized spacial score (nSPS) is 12.1. The van der Waals surface area contributed by atoms with Crippen LogP contribution in [-0.4, -0.2) is 23.0 Å². The highest BCUT2D eigenvalue weighted by atomic mass is 32.1. The number of aliphatic carboxylic acids is 1. The minimum atomic E-state index is -1.00. The summed E-state index contributed by atoms with van der Waals surface area (Å²) in [5.74, 6) is -1.34. The molecule has 4 nitrogen and oxygen atoms in total. The smallest absolute Gasteiger partial charge is 0.326 e. The van der Waals surface area contributed by atoms with E-state index in [0.717, 1.165) is 0 Å². The number of thiophene rings is 1. The summed E-state index contributed by atoms with van der Waals surface area (Å²) in [5.41, 5.74) is 0.509. The Bertz CT molecular complexity index is 321. The van der Waals surface area contributed by atoms with E-state index in [1.807, 2.05) is 0 Å². The third-order valence-corrected chi connectivity index (χ3v) is 2.48. The molecule has 1 aromatic rings. The van der Waals surface area contributed by atoms with Gasteiger partial charge in [0.1, 0.15) is 6.04 Å². The Hall–Kier alpha value is -1.36. The molecule has 1 heterocycles. The first kappa shape index (κ1) is 10.7. The van der Waals surface area contributed by atoms with E-state index in [0.29, 0.717) is 12.0 Å². The Balaban J connectivity index is 2.60. The molecular formula is C9H11NO3S. The quantitative estimate of drug-likeness (QED) is 0.793. The number of hydrogen-bond acceptors (Lipinski definition) is 3. The Morgan fingerprint density at radius 1 is 1.64 bits per heavy atom. The van der Waals surface area contributed by atoms with Crippen LogP contribution in [0, 0.1) is 0 Å². The first-order valence-corrected chi connectivity index (χ1v) is 5.15. The van der Waals surface area contributed by atoms with Gasteiger partial charge in [-0.3, -0.25) is 4.79 Å². The van der Waals surface area contributed by atoms with Gasteiger partial charge in [0.25, 0.3) is 5.91 Å². The number of rotatable bonds is 4. The zero-order chi connectivity index (χ0) is 10.6. The topological polar surface area (TPSA) is 66.4 Å². The van der Waals surface area contributed by atoms with Gasteiger partial charge < -0.3 is 10.4 Å². The second kappa shape index (κ2) is 4.76. The molecule has 1 amide bonds. The number of carbonyl (C=O) groups is 2. The molecule has 0 radical (unpaired) electrons. The molecule has 2 N–H and O–H groups in total. The minimum absolute atomic E-state index is 0.333. The second-order valence-electron chi connectivity index (χ2n) is 2.78. The van der Waals surface area contributed by atoms with Crippen molar-refractivity contribution in [3.63, 3.8) is 0 Å². The van der Waals surface area contributed by atoms with E-state index >= 15 is 0 Å². The Labute approximate surface area is 85.6 Å². The maximum Gasteiger partial charge on any atom is 0.326 e. The first-order valence-electron chi connectivity index (χ1n) is 4.21. The van der Waals surface area contributed by atoms with Gasteiger partial charge in [0, 0.05) is 5.38 Å². The SMILES string of the molecule is CC[C@H](NC(=O)c1ccsc1)C(=O)O. The molecule has 14 heavy (non-hydrogen) atoms. The average molecular weight is 213 g/mol. The molecule has 1 aromatic heterocycles. The Morgan fingerprint density at radius 2 is 2.36 bits per heavy atom. The lowest BCUT2D eigenvalue weighted by molar-refractivity contribution is -0.139. The van der Waals surface area contributed by atoms with Gasteiger partial charge >= 0.3 is 5.97 Å². The fraction of sp³-hybridized carbons (Fsp3) is 0.333. The van der Waals surface area contributed by atoms with E-state index in [9.17, 15) is 9.59 Å². The number of amides is 1. The monoisotopic (exact) mass is 213 g/mol. The van der Waals surface area contributed by atoms with Gasteiger partial charge in [-0.1, -0.05) is 6.92 Å². The predicted molar refractivity (Wildman–Crippen MR) is 53.5 cm³/mol. The fourth-order valence-corrected chi connectivity index (χ4v) is 1.61. The van der Waals surface area contributed by atoms with E-state index in [1.165, 1.54) is 11.3 Å². The molecule has 0 saturated carbocycles. The summed E-state index contributed by atoms with van der Waals surface area (Å²) in [7, 11) is 0. The van der Waals surface area contributed by atoms with Crippen molar-refractivity contribution in [2.45, 2.75) is 19.4 Å². The van der Waals surface area contributed by atoms with Crippen molar-refractivity contribution >= 4 is 23.2 Å². The highest BCUT2D eigenvalue weighted by Crippen LogP contribution is 2.06. The third-order valence-electron chi connectivity index (χ3n) is 1.80. The molecule has 0 saturated heterocycles. The number of nitrogens with one attached hydrogen (secondary N) is 1. The summed E-state index contributed by atoms with van der Waals surface area (Å²) in [6.45, 7) is 1.71.